The van der Waals surface area contributed by atoms with E-state index in [1.165, 1.54) is 4.90 Å². The number of aliphatic carboxylic acids is 1. The summed E-state index contributed by atoms with van der Waals surface area (Å²) in [6, 6.07) is 10.5. The third kappa shape index (κ3) is 2.64. The molecule has 26 heavy (non-hydrogen) atoms. The number of hydrogen-bond acceptors (Lipinski definition) is 3. The van der Waals surface area contributed by atoms with Gasteiger partial charge in [-0.05, 0) is 54.2 Å². The second-order valence-corrected chi connectivity index (χ2v) is 7.08. The van der Waals surface area contributed by atoms with E-state index < -0.39 is 18.1 Å². The summed E-state index contributed by atoms with van der Waals surface area (Å²) in [4.78, 5) is 26.5. The number of rotatable bonds is 2. The minimum Gasteiger partial charge on any atom is -0.480 e. The van der Waals surface area contributed by atoms with Crippen LogP contribution in [0.15, 0.2) is 36.4 Å². The Balaban J connectivity index is 1.62. The molecule has 2 aliphatic rings. The van der Waals surface area contributed by atoms with Crippen LogP contribution in [-0.2, 0) is 22.4 Å². The maximum absolute atomic E-state index is 13.1. The van der Waals surface area contributed by atoms with Crippen LogP contribution in [0.4, 0.5) is 0 Å². The molecule has 2 aliphatic heterocycles. The van der Waals surface area contributed by atoms with E-state index in [0.29, 0.717) is 24.9 Å². The van der Waals surface area contributed by atoms with E-state index in [-0.39, 0.29) is 5.91 Å². The van der Waals surface area contributed by atoms with Gasteiger partial charge >= 0.3 is 5.97 Å². The standard InChI is InChI=1S/C21H21NO4/c1-12-9-15-11-18(26-17(15)10-13(12)2)20(23)22-8-7-14-5-3-4-6-16(14)19(22)21(24)25/h3-6,9-10,18-19H,7-8,11H2,1-2H3,(H,24,25). The normalized spacial score (nSPS) is 20.9. The van der Waals surface area contributed by atoms with Crippen LogP contribution in [0.1, 0.15) is 33.9 Å². The smallest absolute Gasteiger partial charge is 0.331 e. The largest absolute Gasteiger partial charge is 0.480 e. The number of hydrogen-bond donors (Lipinski definition) is 1. The fourth-order valence-corrected chi connectivity index (χ4v) is 3.91. The summed E-state index contributed by atoms with van der Waals surface area (Å²) in [5.74, 6) is -0.526. The molecule has 0 bridgehead atoms. The van der Waals surface area contributed by atoms with Gasteiger partial charge < -0.3 is 14.7 Å². The van der Waals surface area contributed by atoms with Gasteiger partial charge in [0, 0.05) is 13.0 Å². The number of ether oxygens (including phenoxy) is 1. The van der Waals surface area contributed by atoms with Crippen molar-refractivity contribution in [3.05, 3.63) is 64.2 Å². The SMILES string of the molecule is Cc1cc2c(cc1C)OC(C(=O)N1CCc3ccccc3C1C(=O)O)C2. The first-order valence-corrected chi connectivity index (χ1v) is 8.83. The predicted octanol–water partition coefficient (Wildman–Crippen LogP) is 2.82. The zero-order valence-corrected chi connectivity index (χ0v) is 14.9. The predicted molar refractivity (Wildman–Crippen MR) is 96.3 cm³/mol. The molecule has 0 fully saturated rings. The van der Waals surface area contributed by atoms with Gasteiger partial charge in [0.05, 0.1) is 0 Å². The highest BCUT2D eigenvalue weighted by Gasteiger charge is 2.41. The van der Waals surface area contributed by atoms with Gasteiger partial charge in [-0.15, -0.1) is 0 Å². The molecule has 0 saturated carbocycles. The van der Waals surface area contributed by atoms with Crippen molar-refractivity contribution in [1.82, 2.24) is 4.90 Å². The molecule has 5 nitrogen and oxygen atoms in total. The molecule has 0 saturated heterocycles. The lowest BCUT2D eigenvalue weighted by molar-refractivity contribution is -0.154. The van der Waals surface area contributed by atoms with Gasteiger partial charge in [-0.1, -0.05) is 30.3 Å². The monoisotopic (exact) mass is 351 g/mol. The Morgan fingerprint density at radius 3 is 2.62 bits per heavy atom. The zero-order valence-electron chi connectivity index (χ0n) is 14.9. The second-order valence-electron chi connectivity index (χ2n) is 7.08. The first kappa shape index (κ1) is 16.6. The van der Waals surface area contributed by atoms with Crippen molar-refractivity contribution in [3.63, 3.8) is 0 Å². The summed E-state index contributed by atoms with van der Waals surface area (Å²) in [6.07, 6.45) is 0.488. The van der Waals surface area contributed by atoms with Gasteiger partial charge in [0.15, 0.2) is 12.1 Å². The van der Waals surface area contributed by atoms with Crippen LogP contribution >= 0.6 is 0 Å². The molecule has 2 aromatic carbocycles. The number of benzene rings is 2. The average Bonchev–Trinajstić information content (AvgIpc) is 3.03. The fraction of sp³-hybridized carbons (Fsp3) is 0.333. The van der Waals surface area contributed by atoms with E-state index in [0.717, 1.165) is 28.0 Å². The number of carboxylic acids is 1. The maximum atomic E-state index is 13.1. The lowest BCUT2D eigenvalue weighted by atomic mass is 9.92. The molecule has 0 aliphatic carbocycles. The van der Waals surface area contributed by atoms with Crippen LogP contribution < -0.4 is 4.74 Å². The van der Waals surface area contributed by atoms with Crippen molar-refractivity contribution in [3.8, 4) is 5.75 Å². The average molecular weight is 351 g/mol. The summed E-state index contributed by atoms with van der Waals surface area (Å²) in [7, 11) is 0. The van der Waals surface area contributed by atoms with Gasteiger partial charge in [-0.25, -0.2) is 4.79 Å². The van der Waals surface area contributed by atoms with Crippen LogP contribution in [0.5, 0.6) is 5.75 Å². The third-order valence-electron chi connectivity index (χ3n) is 5.43. The van der Waals surface area contributed by atoms with Gasteiger partial charge in [-0.3, -0.25) is 4.79 Å². The molecule has 2 atom stereocenters. The van der Waals surface area contributed by atoms with E-state index in [9.17, 15) is 14.7 Å². The molecular formula is C21H21NO4. The lowest BCUT2D eigenvalue weighted by Crippen LogP contribution is -2.48. The molecule has 2 unspecified atom stereocenters. The molecule has 2 aromatic rings. The highest BCUT2D eigenvalue weighted by Crippen LogP contribution is 2.35. The van der Waals surface area contributed by atoms with E-state index >= 15 is 0 Å². The molecule has 5 heteroatoms. The fourth-order valence-electron chi connectivity index (χ4n) is 3.91. The van der Waals surface area contributed by atoms with Crippen molar-refractivity contribution < 1.29 is 19.4 Å². The molecule has 4 rings (SSSR count). The summed E-state index contributed by atoms with van der Waals surface area (Å²) in [5.41, 5.74) is 4.98. The first-order valence-electron chi connectivity index (χ1n) is 8.83. The Morgan fingerprint density at radius 1 is 1.12 bits per heavy atom. The van der Waals surface area contributed by atoms with Crippen LogP contribution in [0.25, 0.3) is 0 Å². The Bertz CT molecular complexity index is 874. The third-order valence-corrected chi connectivity index (χ3v) is 5.43. The summed E-state index contributed by atoms with van der Waals surface area (Å²) >= 11 is 0. The Morgan fingerprint density at radius 2 is 1.85 bits per heavy atom. The minimum absolute atomic E-state index is 0.251. The van der Waals surface area contributed by atoms with Crippen molar-refractivity contribution in [2.75, 3.05) is 6.54 Å². The number of carbonyl (C=O) groups excluding carboxylic acids is 1. The topological polar surface area (TPSA) is 66.8 Å². The lowest BCUT2D eigenvalue weighted by Gasteiger charge is -2.35. The minimum atomic E-state index is -1.01. The first-order chi connectivity index (χ1) is 12.5. The molecule has 1 amide bonds. The van der Waals surface area contributed by atoms with E-state index in [1.807, 2.05) is 38.1 Å². The molecule has 0 aromatic heterocycles. The molecule has 1 N–H and O–H groups in total. The van der Waals surface area contributed by atoms with E-state index in [4.69, 9.17) is 4.74 Å². The highest BCUT2D eigenvalue weighted by atomic mass is 16.5. The van der Waals surface area contributed by atoms with Crippen molar-refractivity contribution in [1.29, 1.82) is 0 Å². The zero-order chi connectivity index (χ0) is 18.4. The number of amides is 1. The Kier molecular flexibility index (Phi) is 3.94. The summed E-state index contributed by atoms with van der Waals surface area (Å²) in [5, 5.41) is 9.76. The molecule has 134 valence electrons. The number of carbonyl (C=O) groups is 2. The molecular weight excluding hydrogens is 330 g/mol. The summed E-state index contributed by atoms with van der Waals surface area (Å²) < 4.78 is 5.89. The second kappa shape index (κ2) is 6.16. The van der Waals surface area contributed by atoms with Crippen LogP contribution in [0, 0.1) is 13.8 Å². The van der Waals surface area contributed by atoms with Gasteiger partial charge in [0.1, 0.15) is 5.75 Å². The van der Waals surface area contributed by atoms with Gasteiger partial charge in [0.2, 0.25) is 0 Å². The Labute approximate surface area is 152 Å². The highest BCUT2D eigenvalue weighted by molar-refractivity contribution is 5.89. The van der Waals surface area contributed by atoms with Crippen molar-refractivity contribution >= 4 is 11.9 Å². The number of nitrogens with zero attached hydrogens (tertiary/aromatic N) is 1. The van der Waals surface area contributed by atoms with Crippen LogP contribution in [-0.4, -0.2) is 34.5 Å². The van der Waals surface area contributed by atoms with Crippen molar-refractivity contribution in [2.45, 2.75) is 38.8 Å². The van der Waals surface area contributed by atoms with Gasteiger partial charge in [-0.2, -0.15) is 0 Å². The number of carboxylic acid groups (broad SMARTS) is 1. The van der Waals surface area contributed by atoms with E-state index in [2.05, 4.69) is 6.07 Å². The van der Waals surface area contributed by atoms with Crippen LogP contribution in [0.3, 0.4) is 0 Å². The van der Waals surface area contributed by atoms with E-state index in [1.54, 1.807) is 6.07 Å². The van der Waals surface area contributed by atoms with Gasteiger partial charge in [0.25, 0.3) is 5.91 Å². The molecule has 0 radical (unpaired) electrons. The quantitative estimate of drug-likeness (QED) is 0.903. The maximum Gasteiger partial charge on any atom is 0.331 e. The molecule has 2 heterocycles. The van der Waals surface area contributed by atoms with Crippen molar-refractivity contribution in [2.24, 2.45) is 0 Å². The molecule has 0 spiro atoms. The van der Waals surface area contributed by atoms with Crippen LogP contribution in [0.2, 0.25) is 0 Å². The summed E-state index contributed by atoms with van der Waals surface area (Å²) in [6.45, 7) is 4.43. The number of fused-ring (bicyclic) bond motifs is 2. The number of aryl methyl sites for hydroxylation is 2. The Hall–Kier alpha value is -2.82.